The van der Waals surface area contributed by atoms with Gasteiger partial charge in [-0.25, -0.2) is 0 Å². The fraction of sp³-hybridized carbons (Fsp3) is 0.353. The van der Waals surface area contributed by atoms with Crippen LogP contribution in [0.2, 0.25) is 0 Å². The predicted octanol–water partition coefficient (Wildman–Crippen LogP) is 4.35. The lowest BCUT2D eigenvalue weighted by atomic mass is 10.00. The van der Waals surface area contributed by atoms with Crippen molar-refractivity contribution >= 4 is 22.2 Å². The first kappa shape index (κ1) is 17.1. The lowest BCUT2D eigenvalue weighted by molar-refractivity contribution is -0.380. The summed E-state index contributed by atoms with van der Waals surface area (Å²) in [6.07, 6.45) is 1.03. The molecule has 1 heterocycles. The zero-order valence-corrected chi connectivity index (χ0v) is 14.2. The van der Waals surface area contributed by atoms with Crippen molar-refractivity contribution in [3.63, 3.8) is 0 Å². The van der Waals surface area contributed by atoms with Gasteiger partial charge in [0, 0.05) is 6.07 Å². The van der Waals surface area contributed by atoms with Crippen molar-refractivity contribution in [1.82, 2.24) is 5.32 Å². The first-order valence-corrected chi connectivity index (χ1v) is 8.32. The van der Waals surface area contributed by atoms with Crippen molar-refractivity contribution in [2.45, 2.75) is 33.2 Å². The smallest absolute Gasteiger partial charge is 0.324 e. The Hall–Kier alpha value is -2.21. The number of benzene rings is 1. The summed E-state index contributed by atoms with van der Waals surface area (Å²) in [5, 5.41) is 13.5. The van der Waals surface area contributed by atoms with Crippen LogP contribution in [0.1, 0.15) is 47.6 Å². The van der Waals surface area contributed by atoms with Gasteiger partial charge >= 0.3 is 5.00 Å². The van der Waals surface area contributed by atoms with E-state index in [0.717, 1.165) is 23.3 Å². The van der Waals surface area contributed by atoms with Crippen molar-refractivity contribution in [2.24, 2.45) is 5.92 Å². The van der Waals surface area contributed by atoms with Crippen LogP contribution in [0.3, 0.4) is 0 Å². The van der Waals surface area contributed by atoms with Crippen molar-refractivity contribution in [2.75, 3.05) is 0 Å². The van der Waals surface area contributed by atoms with E-state index in [9.17, 15) is 14.9 Å². The van der Waals surface area contributed by atoms with Crippen molar-refractivity contribution < 1.29 is 9.72 Å². The van der Waals surface area contributed by atoms with Crippen LogP contribution >= 0.6 is 11.3 Å². The Kier molecular flexibility index (Phi) is 5.50. The molecule has 1 aromatic heterocycles. The maximum Gasteiger partial charge on any atom is 0.324 e. The van der Waals surface area contributed by atoms with E-state index in [0.29, 0.717) is 10.8 Å². The number of carbonyl (C=O) groups is 1. The number of rotatable bonds is 6. The van der Waals surface area contributed by atoms with Gasteiger partial charge < -0.3 is 5.32 Å². The SMILES string of the molecule is CC(C)Cc1ccc([C@@H](C)NC(=O)c2ccc([N+](=O)[O-])s2)cc1. The molecule has 0 aliphatic carbocycles. The number of thiophene rings is 1. The van der Waals surface area contributed by atoms with Gasteiger partial charge in [-0.2, -0.15) is 0 Å². The minimum atomic E-state index is -0.488. The van der Waals surface area contributed by atoms with Crippen LogP contribution < -0.4 is 5.32 Å². The maximum absolute atomic E-state index is 12.2. The van der Waals surface area contributed by atoms with Crippen LogP contribution in [0.5, 0.6) is 0 Å². The minimum Gasteiger partial charge on any atom is -0.345 e. The van der Waals surface area contributed by atoms with Crippen LogP contribution in [0.4, 0.5) is 5.00 Å². The Morgan fingerprint density at radius 1 is 1.17 bits per heavy atom. The number of hydrogen-bond acceptors (Lipinski definition) is 4. The fourth-order valence-electron chi connectivity index (χ4n) is 2.31. The second-order valence-electron chi connectivity index (χ2n) is 5.93. The minimum absolute atomic E-state index is 0.0270. The molecule has 0 unspecified atom stereocenters. The monoisotopic (exact) mass is 332 g/mol. The molecule has 122 valence electrons. The van der Waals surface area contributed by atoms with E-state index in [1.165, 1.54) is 17.7 Å². The van der Waals surface area contributed by atoms with E-state index >= 15 is 0 Å². The van der Waals surface area contributed by atoms with E-state index in [4.69, 9.17) is 0 Å². The number of nitro groups is 1. The summed E-state index contributed by atoms with van der Waals surface area (Å²) in [5.41, 5.74) is 2.29. The topological polar surface area (TPSA) is 72.2 Å². The molecular formula is C17H20N2O3S. The second-order valence-corrected chi connectivity index (χ2v) is 6.99. The van der Waals surface area contributed by atoms with E-state index < -0.39 is 4.92 Å². The molecule has 0 spiro atoms. The molecule has 0 saturated carbocycles. The van der Waals surface area contributed by atoms with E-state index in [1.54, 1.807) is 0 Å². The van der Waals surface area contributed by atoms with E-state index in [-0.39, 0.29) is 17.0 Å². The molecule has 5 nitrogen and oxygen atoms in total. The Morgan fingerprint density at radius 3 is 2.35 bits per heavy atom. The molecule has 0 bridgehead atoms. The van der Waals surface area contributed by atoms with Gasteiger partial charge in [0.15, 0.2) is 0 Å². The van der Waals surface area contributed by atoms with Gasteiger partial charge in [0.2, 0.25) is 0 Å². The van der Waals surface area contributed by atoms with Crippen LogP contribution in [-0.2, 0) is 6.42 Å². The van der Waals surface area contributed by atoms with Gasteiger partial charge in [0.05, 0.1) is 15.8 Å². The van der Waals surface area contributed by atoms with Gasteiger partial charge in [0.25, 0.3) is 5.91 Å². The average molecular weight is 332 g/mol. The van der Waals surface area contributed by atoms with E-state index in [2.05, 4.69) is 31.3 Å². The van der Waals surface area contributed by atoms with Crippen molar-refractivity contribution in [3.8, 4) is 0 Å². The molecule has 0 saturated heterocycles. The molecular weight excluding hydrogens is 312 g/mol. The van der Waals surface area contributed by atoms with Crippen LogP contribution in [-0.4, -0.2) is 10.8 Å². The first-order chi connectivity index (χ1) is 10.9. The predicted molar refractivity (Wildman–Crippen MR) is 91.8 cm³/mol. The fourth-order valence-corrected chi connectivity index (χ4v) is 3.04. The molecule has 23 heavy (non-hydrogen) atoms. The molecule has 2 rings (SSSR count). The Morgan fingerprint density at radius 2 is 1.83 bits per heavy atom. The highest BCUT2D eigenvalue weighted by Gasteiger charge is 2.17. The Balaban J connectivity index is 2.01. The number of amides is 1. The van der Waals surface area contributed by atoms with E-state index in [1.807, 2.05) is 19.1 Å². The normalized spacial score (nSPS) is 12.2. The highest BCUT2D eigenvalue weighted by Crippen LogP contribution is 2.24. The third kappa shape index (κ3) is 4.63. The van der Waals surface area contributed by atoms with Gasteiger partial charge in [-0.3, -0.25) is 14.9 Å². The molecule has 1 N–H and O–H groups in total. The average Bonchev–Trinajstić information content (AvgIpc) is 2.97. The van der Waals surface area contributed by atoms with Gasteiger partial charge in [0.1, 0.15) is 0 Å². The maximum atomic E-state index is 12.2. The molecule has 6 heteroatoms. The lowest BCUT2D eigenvalue weighted by Gasteiger charge is -2.14. The van der Waals surface area contributed by atoms with Crippen LogP contribution in [0.15, 0.2) is 36.4 Å². The number of hydrogen-bond donors (Lipinski definition) is 1. The molecule has 0 radical (unpaired) electrons. The van der Waals surface area contributed by atoms with Crippen molar-refractivity contribution in [1.29, 1.82) is 0 Å². The molecule has 0 fully saturated rings. The molecule has 0 aliphatic heterocycles. The van der Waals surface area contributed by atoms with Gasteiger partial charge in [-0.1, -0.05) is 49.4 Å². The van der Waals surface area contributed by atoms with Crippen LogP contribution in [0.25, 0.3) is 0 Å². The molecule has 1 atom stereocenters. The highest BCUT2D eigenvalue weighted by atomic mass is 32.1. The quantitative estimate of drug-likeness (QED) is 0.631. The van der Waals surface area contributed by atoms with Gasteiger partial charge in [-0.05, 0) is 36.5 Å². The summed E-state index contributed by atoms with van der Waals surface area (Å²) in [6.45, 7) is 6.26. The molecule has 1 aromatic carbocycles. The zero-order chi connectivity index (χ0) is 17.0. The first-order valence-electron chi connectivity index (χ1n) is 7.50. The second kappa shape index (κ2) is 7.37. The standard InChI is InChI=1S/C17H20N2O3S/c1-11(2)10-13-4-6-14(7-5-13)12(3)18-17(20)15-8-9-16(23-15)19(21)22/h4-9,11-12H,10H2,1-3H3,(H,18,20)/t12-/m1/s1. The number of nitrogens with zero attached hydrogens (tertiary/aromatic N) is 1. The lowest BCUT2D eigenvalue weighted by Crippen LogP contribution is -2.25. The molecule has 0 aliphatic rings. The third-order valence-electron chi connectivity index (χ3n) is 3.47. The molecule has 1 amide bonds. The third-order valence-corrected chi connectivity index (χ3v) is 4.50. The summed E-state index contributed by atoms with van der Waals surface area (Å²) >= 11 is 0.884. The zero-order valence-electron chi connectivity index (χ0n) is 13.4. The summed E-state index contributed by atoms with van der Waals surface area (Å²) in [7, 11) is 0. The van der Waals surface area contributed by atoms with Crippen LogP contribution in [0, 0.1) is 16.0 Å². The van der Waals surface area contributed by atoms with Crippen molar-refractivity contribution in [3.05, 3.63) is 62.5 Å². The Labute approximate surface area is 139 Å². The Bertz CT molecular complexity index is 692. The van der Waals surface area contributed by atoms with Gasteiger partial charge in [-0.15, -0.1) is 0 Å². The number of nitrogens with one attached hydrogen (secondary N) is 1. The highest BCUT2D eigenvalue weighted by molar-refractivity contribution is 7.17. The summed E-state index contributed by atoms with van der Waals surface area (Å²) < 4.78 is 0. The molecule has 2 aromatic rings. The number of carbonyl (C=O) groups excluding carboxylic acids is 1. The summed E-state index contributed by atoms with van der Waals surface area (Å²) in [4.78, 5) is 22.7. The summed E-state index contributed by atoms with van der Waals surface area (Å²) in [6, 6.07) is 10.9. The largest absolute Gasteiger partial charge is 0.345 e. The summed E-state index contributed by atoms with van der Waals surface area (Å²) in [5.74, 6) is 0.314.